The summed E-state index contributed by atoms with van der Waals surface area (Å²) in [5.41, 5.74) is 3.12. The average Bonchev–Trinajstić information content (AvgIpc) is 2.49. The number of carbonyl (C=O) groups is 1. The highest BCUT2D eigenvalue weighted by Crippen LogP contribution is 2.20. The number of carbonyl (C=O) groups excluding carboxylic acids is 1. The monoisotopic (exact) mass is 271 g/mol. The first kappa shape index (κ1) is 14.0. The summed E-state index contributed by atoms with van der Waals surface area (Å²) in [5.74, 6) is 5.53. The second-order valence-corrected chi connectivity index (χ2v) is 4.29. The molecule has 0 fully saturated rings. The third-order valence-electron chi connectivity index (χ3n) is 2.89. The van der Waals surface area contributed by atoms with E-state index in [0.717, 1.165) is 22.0 Å². The third kappa shape index (κ3) is 3.10. The van der Waals surface area contributed by atoms with E-state index in [9.17, 15) is 4.79 Å². The van der Waals surface area contributed by atoms with Crippen LogP contribution in [-0.2, 0) is 0 Å². The molecule has 104 valence electrons. The van der Waals surface area contributed by atoms with Gasteiger partial charge in [0.15, 0.2) is 0 Å². The molecule has 0 unspecified atom stereocenters. The quantitative estimate of drug-likeness (QED) is 0.509. The van der Waals surface area contributed by atoms with Crippen LogP contribution in [0.25, 0.3) is 11.3 Å². The third-order valence-corrected chi connectivity index (χ3v) is 2.89. The first-order valence-corrected chi connectivity index (χ1v) is 6.33. The summed E-state index contributed by atoms with van der Waals surface area (Å²) in [6, 6.07) is 7.09. The van der Waals surface area contributed by atoms with Gasteiger partial charge in [0.05, 0.1) is 17.1 Å². The van der Waals surface area contributed by atoms with E-state index in [1.54, 1.807) is 19.3 Å². The maximum Gasteiger partial charge on any atom is 0.336 e. The van der Waals surface area contributed by atoms with Crippen molar-refractivity contribution in [2.75, 3.05) is 11.9 Å². The summed E-state index contributed by atoms with van der Waals surface area (Å²) >= 11 is 0. The zero-order valence-electron chi connectivity index (χ0n) is 11.5. The van der Waals surface area contributed by atoms with Gasteiger partial charge in [-0.2, -0.15) is 0 Å². The van der Waals surface area contributed by atoms with Gasteiger partial charge in [-0.15, -0.1) is 0 Å². The van der Waals surface area contributed by atoms with E-state index in [4.69, 9.17) is 5.84 Å². The Bertz CT molecular complexity index is 600. The molecule has 6 nitrogen and oxygen atoms in total. The fourth-order valence-corrected chi connectivity index (χ4v) is 1.70. The molecule has 0 aliphatic carbocycles. The molecule has 2 aromatic rings. The van der Waals surface area contributed by atoms with Crippen LogP contribution in [0.1, 0.15) is 12.6 Å². The normalized spacial score (nSPS) is 10.2. The van der Waals surface area contributed by atoms with Gasteiger partial charge in [0, 0.05) is 24.5 Å². The number of urea groups is 1. The van der Waals surface area contributed by atoms with Crippen molar-refractivity contribution in [3.63, 3.8) is 0 Å². The Balaban J connectivity index is 2.21. The lowest BCUT2D eigenvalue weighted by molar-refractivity contribution is 0.215. The van der Waals surface area contributed by atoms with Crippen molar-refractivity contribution < 1.29 is 4.79 Å². The molecule has 0 aliphatic rings. The van der Waals surface area contributed by atoms with Crippen LogP contribution in [0.3, 0.4) is 0 Å². The minimum absolute atomic E-state index is 0.355. The lowest BCUT2D eigenvalue weighted by Crippen LogP contribution is -2.40. The minimum Gasteiger partial charge on any atom is -0.305 e. The van der Waals surface area contributed by atoms with Crippen LogP contribution in [0.2, 0.25) is 0 Å². The van der Waals surface area contributed by atoms with Crippen LogP contribution in [0.15, 0.2) is 36.7 Å². The number of anilines is 1. The van der Waals surface area contributed by atoms with Crippen molar-refractivity contribution in [1.29, 1.82) is 0 Å². The van der Waals surface area contributed by atoms with Gasteiger partial charge in [-0.25, -0.2) is 10.6 Å². The minimum atomic E-state index is -0.355. The molecule has 0 aliphatic heterocycles. The van der Waals surface area contributed by atoms with Crippen molar-refractivity contribution in [2.45, 2.75) is 13.8 Å². The van der Waals surface area contributed by atoms with Crippen LogP contribution in [-0.4, -0.2) is 27.6 Å². The first-order chi connectivity index (χ1) is 9.61. The van der Waals surface area contributed by atoms with E-state index in [-0.39, 0.29) is 6.03 Å². The van der Waals surface area contributed by atoms with Gasteiger partial charge >= 0.3 is 6.03 Å². The summed E-state index contributed by atoms with van der Waals surface area (Å²) < 4.78 is 0. The Labute approximate surface area is 117 Å². The lowest BCUT2D eigenvalue weighted by Gasteiger charge is -2.16. The molecule has 20 heavy (non-hydrogen) atoms. The summed E-state index contributed by atoms with van der Waals surface area (Å²) in [6.07, 6.45) is 3.46. The molecule has 2 aromatic heterocycles. The molecular formula is C14H17N5O. The molecule has 0 saturated carbocycles. The van der Waals surface area contributed by atoms with E-state index < -0.39 is 0 Å². The number of hydrogen-bond acceptors (Lipinski definition) is 4. The van der Waals surface area contributed by atoms with Crippen LogP contribution in [0.4, 0.5) is 10.5 Å². The molecule has 6 heteroatoms. The number of hydrazine groups is 1. The zero-order chi connectivity index (χ0) is 14.5. The van der Waals surface area contributed by atoms with Crippen LogP contribution >= 0.6 is 0 Å². The van der Waals surface area contributed by atoms with Crippen molar-refractivity contribution in [3.05, 3.63) is 42.4 Å². The second-order valence-electron chi connectivity index (χ2n) is 4.29. The lowest BCUT2D eigenvalue weighted by atomic mass is 10.1. The van der Waals surface area contributed by atoms with Gasteiger partial charge in [0.25, 0.3) is 0 Å². The standard InChI is InChI=1S/C14H17N5O/c1-3-19(15)14(20)18-12-6-7-13(17-10(12)2)11-5-4-8-16-9-11/h4-9H,3,15H2,1-2H3,(H,18,20). The Morgan fingerprint density at radius 3 is 2.80 bits per heavy atom. The molecule has 3 N–H and O–H groups in total. The molecule has 0 atom stereocenters. The Kier molecular flexibility index (Phi) is 4.27. The number of aryl methyl sites for hydroxylation is 1. The van der Waals surface area contributed by atoms with Crippen molar-refractivity contribution >= 4 is 11.7 Å². The number of nitrogens with one attached hydrogen (secondary N) is 1. The van der Waals surface area contributed by atoms with Gasteiger partial charge in [0.2, 0.25) is 0 Å². The molecule has 0 saturated heterocycles. The van der Waals surface area contributed by atoms with E-state index >= 15 is 0 Å². The fraction of sp³-hybridized carbons (Fsp3) is 0.214. The van der Waals surface area contributed by atoms with E-state index in [0.29, 0.717) is 12.2 Å². The van der Waals surface area contributed by atoms with Crippen LogP contribution < -0.4 is 11.2 Å². The maximum absolute atomic E-state index is 11.7. The number of nitrogens with two attached hydrogens (primary N) is 1. The largest absolute Gasteiger partial charge is 0.336 e. The van der Waals surface area contributed by atoms with Gasteiger partial charge in [-0.05, 0) is 38.1 Å². The topological polar surface area (TPSA) is 84.1 Å². The highest BCUT2D eigenvalue weighted by Gasteiger charge is 2.10. The van der Waals surface area contributed by atoms with E-state index in [2.05, 4.69) is 15.3 Å². The maximum atomic E-state index is 11.7. The molecule has 0 aromatic carbocycles. The van der Waals surface area contributed by atoms with Gasteiger partial charge in [0.1, 0.15) is 0 Å². The Hall–Kier alpha value is -2.47. The Morgan fingerprint density at radius 1 is 1.40 bits per heavy atom. The smallest absolute Gasteiger partial charge is 0.305 e. The fourth-order valence-electron chi connectivity index (χ4n) is 1.70. The van der Waals surface area contributed by atoms with Gasteiger partial charge < -0.3 is 5.32 Å². The molecule has 2 heterocycles. The molecule has 2 rings (SSSR count). The van der Waals surface area contributed by atoms with Crippen LogP contribution in [0.5, 0.6) is 0 Å². The predicted octanol–water partition coefficient (Wildman–Crippen LogP) is 2.18. The number of hydrogen-bond donors (Lipinski definition) is 2. The number of pyridine rings is 2. The van der Waals surface area contributed by atoms with Crippen molar-refractivity contribution in [1.82, 2.24) is 15.0 Å². The van der Waals surface area contributed by atoms with E-state index in [1.165, 1.54) is 0 Å². The molecule has 0 spiro atoms. The summed E-state index contributed by atoms with van der Waals surface area (Å²) in [7, 11) is 0. The molecule has 0 bridgehead atoms. The second kappa shape index (κ2) is 6.12. The SMILES string of the molecule is CCN(N)C(=O)Nc1ccc(-c2cccnc2)nc1C. The van der Waals surface area contributed by atoms with Crippen LogP contribution in [0, 0.1) is 6.92 Å². The summed E-state index contributed by atoms with van der Waals surface area (Å²) in [6.45, 7) is 4.07. The zero-order valence-corrected chi connectivity index (χ0v) is 11.5. The van der Waals surface area contributed by atoms with Crippen molar-refractivity contribution in [2.24, 2.45) is 5.84 Å². The molecular weight excluding hydrogens is 254 g/mol. The van der Waals surface area contributed by atoms with Gasteiger partial charge in [-0.3, -0.25) is 15.0 Å². The number of amides is 2. The van der Waals surface area contributed by atoms with Crippen molar-refractivity contribution in [3.8, 4) is 11.3 Å². The molecule has 0 radical (unpaired) electrons. The number of aromatic nitrogens is 2. The average molecular weight is 271 g/mol. The predicted molar refractivity (Wildman–Crippen MR) is 77.8 cm³/mol. The number of nitrogens with zero attached hydrogens (tertiary/aromatic N) is 3. The highest BCUT2D eigenvalue weighted by molar-refractivity contribution is 5.89. The van der Waals surface area contributed by atoms with Gasteiger partial charge in [-0.1, -0.05) is 0 Å². The molecule has 2 amide bonds. The summed E-state index contributed by atoms with van der Waals surface area (Å²) in [5, 5.41) is 3.83. The number of rotatable bonds is 3. The first-order valence-electron chi connectivity index (χ1n) is 6.33. The van der Waals surface area contributed by atoms with E-state index in [1.807, 2.05) is 31.2 Å². The summed E-state index contributed by atoms with van der Waals surface area (Å²) in [4.78, 5) is 20.2. The highest BCUT2D eigenvalue weighted by atomic mass is 16.2. The Morgan fingerprint density at radius 2 is 2.20 bits per heavy atom.